The number of fused-ring (bicyclic) bond motifs is 1. The van der Waals surface area contributed by atoms with Crippen LogP contribution in [0.15, 0.2) is 24.3 Å². The number of carbonyl (C=O) groups excluding carboxylic acids is 1. The highest BCUT2D eigenvalue weighted by molar-refractivity contribution is 6.30. The number of benzene rings is 1. The van der Waals surface area contributed by atoms with Crippen LogP contribution < -0.4 is 20.9 Å². The molecule has 0 unspecified atom stereocenters. The molecule has 0 saturated heterocycles. The summed E-state index contributed by atoms with van der Waals surface area (Å²) in [6.45, 7) is 0. The monoisotopic (exact) mass is 442 g/mol. The number of aromatic nitrogens is 2. The third kappa shape index (κ3) is 5.58. The SMILES string of the molecule is CN(C)c1nc(N[C@H]2CC[C@@H](NC(=O)Nc3ccc(Cl)cc3)CC2)nc2c1CCCC2. The van der Waals surface area contributed by atoms with E-state index in [9.17, 15) is 4.79 Å². The molecule has 1 fully saturated rings. The van der Waals surface area contributed by atoms with Gasteiger partial charge in [-0.05, 0) is 75.6 Å². The van der Waals surface area contributed by atoms with Crippen molar-refractivity contribution in [1.29, 1.82) is 0 Å². The van der Waals surface area contributed by atoms with E-state index >= 15 is 0 Å². The fraction of sp³-hybridized carbons (Fsp3) is 0.522. The van der Waals surface area contributed by atoms with Crippen molar-refractivity contribution in [3.8, 4) is 0 Å². The van der Waals surface area contributed by atoms with E-state index in [1.807, 2.05) is 14.1 Å². The molecule has 1 saturated carbocycles. The van der Waals surface area contributed by atoms with Gasteiger partial charge >= 0.3 is 6.03 Å². The Labute approximate surface area is 189 Å². The number of carbonyl (C=O) groups is 1. The highest BCUT2D eigenvalue weighted by Gasteiger charge is 2.24. The fourth-order valence-electron chi connectivity index (χ4n) is 4.46. The van der Waals surface area contributed by atoms with Crippen molar-refractivity contribution >= 4 is 35.1 Å². The summed E-state index contributed by atoms with van der Waals surface area (Å²) in [6.07, 6.45) is 8.32. The van der Waals surface area contributed by atoms with Gasteiger partial charge in [0.05, 0.1) is 5.69 Å². The summed E-state index contributed by atoms with van der Waals surface area (Å²) >= 11 is 5.89. The Balaban J connectivity index is 1.29. The van der Waals surface area contributed by atoms with Crippen LogP contribution in [0.25, 0.3) is 0 Å². The lowest BCUT2D eigenvalue weighted by molar-refractivity contribution is 0.243. The van der Waals surface area contributed by atoms with Gasteiger partial charge < -0.3 is 20.9 Å². The van der Waals surface area contributed by atoms with E-state index in [0.29, 0.717) is 11.1 Å². The lowest BCUT2D eigenvalue weighted by Crippen LogP contribution is -2.42. The van der Waals surface area contributed by atoms with Crippen LogP contribution in [0.1, 0.15) is 49.8 Å². The Morgan fingerprint density at radius 1 is 1.00 bits per heavy atom. The summed E-state index contributed by atoms with van der Waals surface area (Å²) in [5.74, 6) is 1.78. The molecule has 166 valence electrons. The second-order valence-corrected chi connectivity index (χ2v) is 9.13. The normalized spacial score (nSPS) is 20.5. The van der Waals surface area contributed by atoms with E-state index in [0.717, 1.165) is 56.0 Å². The summed E-state index contributed by atoms with van der Waals surface area (Å²) in [6, 6.07) is 7.44. The number of nitrogens with one attached hydrogen (secondary N) is 3. The molecule has 2 amide bonds. The van der Waals surface area contributed by atoms with Crippen molar-refractivity contribution in [2.45, 2.75) is 63.5 Å². The first-order valence-electron chi connectivity index (χ1n) is 11.1. The maximum absolute atomic E-state index is 12.3. The van der Waals surface area contributed by atoms with E-state index in [1.54, 1.807) is 24.3 Å². The standard InChI is InChI=1S/C23H31ClN6O/c1-30(2)21-19-5-3-4-6-20(19)28-22(29-21)25-16-11-13-18(14-12-16)27-23(31)26-17-9-7-15(24)8-10-17/h7-10,16,18H,3-6,11-14H2,1-2H3,(H,25,28,29)(H2,26,27,31)/t16-,18+. The molecular formula is C23H31ClN6O. The molecule has 8 heteroatoms. The summed E-state index contributed by atoms with van der Waals surface area (Å²) in [5.41, 5.74) is 3.24. The third-order valence-corrected chi connectivity index (χ3v) is 6.33. The molecule has 2 aliphatic carbocycles. The van der Waals surface area contributed by atoms with Crippen LogP contribution >= 0.6 is 11.6 Å². The predicted octanol–water partition coefficient (Wildman–Crippen LogP) is 4.62. The van der Waals surface area contributed by atoms with Gasteiger partial charge in [-0.3, -0.25) is 0 Å². The molecule has 2 aromatic rings. The van der Waals surface area contributed by atoms with Gasteiger partial charge in [0, 0.05) is 42.5 Å². The van der Waals surface area contributed by atoms with Crippen LogP contribution in [0.3, 0.4) is 0 Å². The van der Waals surface area contributed by atoms with Gasteiger partial charge in [0.2, 0.25) is 5.95 Å². The Morgan fingerprint density at radius 3 is 2.39 bits per heavy atom. The molecule has 4 rings (SSSR count). The molecule has 1 heterocycles. The maximum atomic E-state index is 12.3. The van der Waals surface area contributed by atoms with Crippen molar-refractivity contribution in [2.24, 2.45) is 0 Å². The van der Waals surface area contributed by atoms with Gasteiger partial charge in [0.25, 0.3) is 0 Å². The molecule has 2 aliphatic rings. The third-order valence-electron chi connectivity index (χ3n) is 6.08. The zero-order chi connectivity index (χ0) is 21.8. The molecule has 1 aromatic carbocycles. The van der Waals surface area contributed by atoms with Gasteiger partial charge in [-0.25, -0.2) is 9.78 Å². The van der Waals surface area contributed by atoms with Crippen molar-refractivity contribution < 1.29 is 4.79 Å². The Bertz CT molecular complexity index is 909. The number of rotatable bonds is 5. The first-order chi connectivity index (χ1) is 15.0. The number of hydrogen-bond donors (Lipinski definition) is 3. The van der Waals surface area contributed by atoms with Gasteiger partial charge in [-0.2, -0.15) is 4.98 Å². The number of urea groups is 1. The van der Waals surface area contributed by atoms with Gasteiger partial charge in [0.1, 0.15) is 5.82 Å². The van der Waals surface area contributed by atoms with E-state index in [1.165, 1.54) is 24.1 Å². The van der Waals surface area contributed by atoms with Crippen LogP contribution in [0.4, 0.5) is 22.2 Å². The van der Waals surface area contributed by atoms with Crippen LogP contribution in [0.2, 0.25) is 5.02 Å². The molecular weight excluding hydrogens is 412 g/mol. The Hall–Kier alpha value is -2.54. The quantitative estimate of drug-likeness (QED) is 0.629. The predicted molar refractivity (Wildman–Crippen MR) is 126 cm³/mol. The number of halogens is 1. The molecule has 1 aromatic heterocycles. The lowest BCUT2D eigenvalue weighted by atomic mass is 9.91. The number of amides is 2. The first-order valence-corrected chi connectivity index (χ1v) is 11.5. The van der Waals surface area contributed by atoms with Gasteiger partial charge in [-0.1, -0.05) is 11.6 Å². The zero-order valence-corrected chi connectivity index (χ0v) is 19.0. The molecule has 0 atom stereocenters. The highest BCUT2D eigenvalue weighted by atomic mass is 35.5. The van der Waals surface area contributed by atoms with Crippen LogP contribution in [0.5, 0.6) is 0 Å². The van der Waals surface area contributed by atoms with Crippen molar-refractivity contribution in [2.75, 3.05) is 29.6 Å². The average molecular weight is 443 g/mol. The van der Waals surface area contributed by atoms with E-state index < -0.39 is 0 Å². The average Bonchev–Trinajstić information content (AvgIpc) is 2.76. The summed E-state index contributed by atoms with van der Waals surface area (Å²) in [7, 11) is 4.10. The molecule has 7 nitrogen and oxygen atoms in total. The van der Waals surface area contributed by atoms with Crippen molar-refractivity contribution in [3.63, 3.8) is 0 Å². The minimum Gasteiger partial charge on any atom is -0.362 e. The maximum Gasteiger partial charge on any atom is 0.319 e. The smallest absolute Gasteiger partial charge is 0.319 e. The minimum absolute atomic E-state index is 0.173. The van der Waals surface area contributed by atoms with E-state index in [4.69, 9.17) is 21.6 Å². The van der Waals surface area contributed by atoms with Crippen LogP contribution in [0, 0.1) is 0 Å². The summed E-state index contributed by atoms with van der Waals surface area (Å²) in [5, 5.41) is 10.2. The van der Waals surface area contributed by atoms with E-state index in [-0.39, 0.29) is 12.1 Å². The molecule has 0 bridgehead atoms. The molecule has 0 aliphatic heterocycles. The van der Waals surface area contributed by atoms with E-state index in [2.05, 4.69) is 20.9 Å². The molecule has 0 spiro atoms. The van der Waals surface area contributed by atoms with Crippen LogP contribution in [-0.2, 0) is 12.8 Å². The lowest BCUT2D eigenvalue weighted by Gasteiger charge is -2.30. The molecule has 0 radical (unpaired) electrons. The summed E-state index contributed by atoms with van der Waals surface area (Å²) < 4.78 is 0. The zero-order valence-electron chi connectivity index (χ0n) is 18.2. The number of nitrogens with zero attached hydrogens (tertiary/aromatic N) is 3. The Morgan fingerprint density at radius 2 is 1.68 bits per heavy atom. The Kier molecular flexibility index (Phi) is 6.80. The van der Waals surface area contributed by atoms with Gasteiger partial charge in [0.15, 0.2) is 0 Å². The van der Waals surface area contributed by atoms with Crippen LogP contribution in [-0.4, -0.2) is 42.2 Å². The van der Waals surface area contributed by atoms with Crippen molar-refractivity contribution in [1.82, 2.24) is 15.3 Å². The number of aryl methyl sites for hydroxylation is 1. The second kappa shape index (κ2) is 9.73. The number of hydrogen-bond acceptors (Lipinski definition) is 5. The largest absolute Gasteiger partial charge is 0.362 e. The molecule has 3 N–H and O–H groups in total. The van der Waals surface area contributed by atoms with Crippen molar-refractivity contribution in [3.05, 3.63) is 40.5 Å². The summed E-state index contributed by atoms with van der Waals surface area (Å²) in [4.78, 5) is 24.0. The number of anilines is 3. The first kappa shape index (κ1) is 21.7. The second-order valence-electron chi connectivity index (χ2n) is 8.70. The minimum atomic E-state index is -0.174. The topological polar surface area (TPSA) is 82.2 Å². The fourth-order valence-corrected chi connectivity index (χ4v) is 4.59. The van der Waals surface area contributed by atoms with Gasteiger partial charge in [-0.15, -0.1) is 0 Å². The highest BCUT2D eigenvalue weighted by Crippen LogP contribution is 2.29. The molecule has 31 heavy (non-hydrogen) atoms.